The van der Waals surface area contributed by atoms with E-state index in [-0.39, 0.29) is 16.2 Å². The van der Waals surface area contributed by atoms with E-state index in [4.69, 9.17) is 0 Å². The van der Waals surface area contributed by atoms with Crippen LogP contribution in [-0.4, -0.2) is 3.71 Å². The van der Waals surface area contributed by atoms with Gasteiger partial charge in [-0.2, -0.15) is 0 Å². The van der Waals surface area contributed by atoms with Gasteiger partial charge in [-0.25, -0.2) is 0 Å². The number of allylic oxidation sites excluding steroid dienone is 4. The van der Waals surface area contributed by atoms with Crippen LogP contribution in [0.2, 0.25) is 0 Å². The van der Waals surface area contributed by atoms with Crippen LogP contribution in [0.5, 0.6) is 0 Å². The molecule has 5 rings (SSSR count). The number of benzene rings is 3. The molecule has 3 aromatic carbocycles. The predicted octanol–water partition coefficient (Wildman–Crippen LogP) is 9.40. The van der Waals surface area contributed by atoms with Crippen LogP contribution < -0.4 is 3.27 Å². The number of hydrogen-bond acceptors (Lipinski definition) is 0. The first-order chi connectivity index (χ1) is 18.2. The first-order valence-electron chi connectivity index (χ1n) is 14.7. The summed E-state index contributed by atoms with van der Waals surface area (Å²) in [6.07, 6.45) is 8.39. The van der Waals surface area contributed by atoms with Gasteiger partial charge in [-0.15, -0.1) is 0 Å². The van der Waals surface area contributed by atoms with Crippen molar-refractivity contribution in [2.24, 2.45) is 5.41 Å². The zero-order valence-electron chi connectivity index (χ0n) is 25.6. The molecule has 0 saturated carbocycles. The minimum atomic E-state index is -2.34. The molecule has 202 valence electrons. The van der Waals surface area contributed by atoms with Crippen molar-refractivity contribution in [2.45, 2.75) is 92.4 Å². The third-order valence-electron chi connectivity index (χ3n) is 8.51. The molecule has 0 amide bonds. The van der Waals surface area contributed by atoms with E-state index in [1.165, 1.54) is 39.0 Å². The molecule has 0 unspecified atom stereocenters. The molecule has 0 saturated heterocycles. The Morgan fingerprint density at radius 1 is 0.718 bits per heavy atom. The fourth-order valence-corrected chi connectivity index (χ4v) is 12.7. The van der Waals surface area contributed by atoms with E-state index in [0.717, 1.165) is 19.3 Å². The molecule has 39 heavy (non-hydrogen) atoms. The van der Waals surface area contributed by atoms with Crippen molar-refractivity contribution in [3.63, 3.8) is 0 Å². The summed E-state index contributed by atoms with van der Waals surface area (Å²) in [6, 6.07) is 23.5. The molecule has 0 aromatic heterocycles. The molecule has 1 heteroatoms. The quantitative estimate of drug-likeness (QED) is 0.221. The molecule has 0 spiro atoms. The third kappa shape index (κ3) is 6.00. The second-order valence-electron chi connectivity index (χ2n) is 14.7. The van der Waals surface area contributed by atoms with Gasteiger partial charge in [0, 0.05) is 0 Å². The van der Waals surface area contributed by atoms with E-state index in [1.54, 1.807) is 12.1 Å². The predicted molar refractivity (Wildman–Crippen MR) is 168 cm³/mol. The van der Waals surface area contributed by atoms with Gasteiger partial charge in [0.15, 0.2) is 0 Å². The van der Waals surface area contributed by atoms with E-state index < -0.39 is 21.3 Å². The van der Waals surface area contributed by atoms with Crippen molar-refractivity contribution in [1.29, 1.82) is 0 Å². The topological polar surface area (TPSA) is 0 Å². The Kier molecular flexibility index (Phi) is 7.56. The summed E-state index contributed by atoms with van der Waals surface area (Å²) in [5, 5.41) is 0. The van der Waals surface area contributed by atoms with Gasteiger partial charge < -0.3 is 0 Å². The summed E-state index contributed by atoms with van der Waals surface area (Å²) in [4.78, 5) is 0. The summed E-state index contributed by atoms with van der Waals surface area (Å²) in [6.45, 7) is 21.2. The average molecular weight is 594 g/mol. The Morgan fingerprint density at radius 2 is 1.38 bits per heavy atom. The zero-order valence-corrected chi connectivity index (χ0v) is 28.1. The van der Waals surface area contributed by atoms with E-state index in [9.17, 15) is 0 Å². The molecule has 0 radical (unpaired) electrons. The molecule has 3 aromatic rings. The average Bonchev–Trinajstić information content (AvgIpc) is 3.49. The van der Waals surface area contributed by atoms with Crippen LogP contribution in [0.15, 0.2) is 81.7 Å². The van der Waals surface area contributed by atoms with Crippen molar-refractivity contribution in [3.8, 4) is 11.1 Å². The Balaban J connectivity index is 1.71. The van der Waals surface area contributed by atoms with Crippen LogP contribution >= 0.6 is 0 Å². The fourth-order valence-electron chi connectivity index (χ4n) is 5.90. The van der Waals surface area contributed by atoms with Crippen LogP contribution in [0, 0.1) is 5.41 Å². The number of fused-ring (bicyclic) bond motifs is 3. The van der Waals surface area contributed by atoms with Gasteiger partial charge >= 0.3 is 247 Å². The number of rotatable bonds is 4. The van der Waals surface area contributed by atoms with E-state index in [1.807, 2.05) is 0 Å². The first-order valence-corrected chi connectivity index (χ1v) is 18.6. The SMILES string of the molecule is CC(C)(C)C1=CC[C](/[Zr](=[CH]/Cc2ccccc2)[c]2cc(C(C)(C)C)cc3c2Cc2ccc(C(C)(C)C)cc2-3)=C1. The summed E-state index contributed by atoms with van der Waals surface area (Å²) in [7, 11) is 0. The van der Waals surface area contributed by atoms with Crippen molar-refractivity contribution in [2.75, 3.05) is 0 Å². The molecule has 0 bridgehead atoms. The Bertz CT molecular complexity index is 1490. The van der Waals surface area contributed by atoms with Crippen molar-refractivity contribution < 1.29 is 21.3 Å². The van der Waals surface area contributed by atoms with Gasteiger partial charge in [-0.05, 0) is 0 Å². The van der Waals surface area contributed by atoms with Crippen molar-refractivity contribution in [1.82, 2.24) is 0 Å². The van der Waals surface area contributed by atoms with Crippen LogP contribution in [0.4, 0.5) is 0 Å². The second-order valence-corrected chi connectivity index (χ2v) is 20.6. The maximum atomic E-state index is 2.79. The molecule has 0 N–H and O–H groups in total. The van der Waals surface area contributed by atoms with Gasteiger partial charge in [0.05, 0.1) is 0 Å². The summed E-state index contributed by atoms with van der Waals surface area (Å²) < 4.78 is 6.23. The summed E-state index contributed by atoms with van der Waals surface area (Å²) >= 11 is -2.34. The standard InChI is InChI=1S/C21H25.C9H13.C8H8.Zr/c1-20(2,3)16-9-7-14-11-15-8-10-17(21(4,5)6)13-19(15)18(14)12-16;1-9(2,3)8-6-4-5-7-8;1-2-8-6-4-3-5-7-8;/h7,9-10,12-13H,11H2,1-6H3;6-7H,4H2,1-3H3;1,3-7H,2H2;. The third-order valence-corrected chi connectivity index (χ3v) is 15.1. The molecular weight excluding hydrogens is 548 g/mol. The molecule has 2 aliphatic carbocycles. The van der Waals surface area contributed by atoms with E-state index >= 15 is 0 Å². The maximum absolute atomic E-state index is 2.79. The molecule has 0 heterocycles. The van der Waals surface area contributed by atoms with Crippen LogP contribution in [0.25, 0.3) is 11.1 Å². The van der Waals surface area contributed by atoms with Crippen LogP contribution in [-0.2, 0) is 44.9 Å². The van der Waals surface area contributed by atoms with Gasteiger partial charge in [0.25, 0.3) is 0 Å². The normalized spacial score (nSPS) is 15.7. The van der Waals surface area contributed by atoms with Gasteiger partial charge in [-0.3, -0.25) is 0 Å². The Labute approximate surface area is 245 Å². The first kappa shape index (κ1) is 28.4. The molecule has 2 aliphatic rings. The van der Waals surface area contributed by atoms with Gasteiger partial charge in [0.1, 0.15) is 0 Å². The fraction of sp³-hybridized carbons (Fsp3) is 0.395. The van der Waals surface area contributed by atoms with Gasteiger partial charge in [-0.1, -0.05) is 0 Å². The Morgan fingerprint density at radius 3 is 2.00 bits per heavy atom. The second kappa shape index (κ2) is 10.4. The monoisotopic (exact) mass is 592 g/mol. The zero-order chi connectivity index (χ0) is 28.2. The molecule has 0 aliphatic heterocycles. The summed E-state index contributed by atoms with van der Waals surface area (Å²) in [5.41, 5.74) is 12.4. The van der Waals surface area contributed by atoms with Crippen LogP contribution in [0.1, 0.15) is 96.6 Å². The van der Waals surface area contributed by atoms with E-state index in [0.29, 0.717) is 0 Å². The Hall–Kier alpha value is -2.11. The minimum absolute atomic E-state index is 0.112. The molecule has 0 nitrogen and oxygen atoms in total. The van der Waals surface area contributed by atoms with Crippen LogP contribution in [0.3, 0.4) is 0 Å². The van der Waals surface area contributed by atoms with Crippen molar-refractivity contribution in [3.05, 3.63) is 109 Å². The molecule has 0 fully saturated rings. The number of hydrogen-bond donors (Lipinski definition) is 0. The van der Waals surface area contributed by atoms with Gasteiger partial charge in [0.2, 0.25) is 0 Å². The van der Waals surface area contributed by atoms with Crippen molar-refractivity contribution >= 4 is 6.98 Å². The molecule has 0 atom stereocenters. The summed E-state index contributed by atoms with van der Waals surface area (Å²) in [5.74, 6) is 0. The van der Waals surface area contributed by atoms with E-state index in [2.05, 4.69) is 139 Å². The molecular formula is C38H46Zr.